The van der Waals surface area contributed by atoms with E-state index in [9.17, 15) is 4.79 Å². The Labute approximate surface area is 178 Å². The second kappa shape index (κ2) is 9.30. The summed E-state index contributed by atoms with van der Waals surface area (Å²) in [5, 5.41) is 8.94. The summed E-state index contributed by atoms with van der Waals surface area (Å²) in [4.78, 5) is 21.6. The fourth-order valence-corrected chi connectivity index (χ4v) is 4.03. The zero-order valence-corrected chi connectivity index (χ0v) is 17.8. The molecular formula is C22H30N6O2. The Morgan fingerprint density at radius 3 is 2.03 bits per heavy atom. The molecule has 3 heterocycles. The highest BCUT2D eigenvalue weighted by atomic mass is 16.5. The third kappa shape index (κ3) is 4.48. The van der Waals surface area contributed by atoms with Gasteiger partial charge in [-0.3, -0.25) is 4.79 Å². The second-order valence-electron chi connectivity index (χ2n) is 7.68. The molecule has 0 radical (unpaired) electrons. The summed E-state index contributed by atoms with van der Waals surface area (Å²) in [7, 11) is 1.61. The van der Waals surface area contributed by atoms with Crippen LogP contribution < -0.4 is 14.5 Å². The summed E-state index contributed by atoms with van der Waals surface area (Å²) >= 11 is 0. The minimum Gasteiger partial charge on any atom is -0.497 e. The van der Waals surface area contributed by atoms with E-state index in [1.54, 1.807) is 13.2 Å². The van der Waals surface area contributed by atoms with Crippen LogP contribution >= 0.6 is 0 Å². The van der Waals surface area contributed by atoms with Crippen LogP contribution in [0.5, 0.6) is 5.75 Å². The van der Waals surface area contributed by atoms with Gasteiger partial charge in [0.25, 0.3) is 5.91 Å². The molecular weight excluding hydrogens is 380 g/mol. The van der Waals surface area contributed by atoms with Gasteiger partial charge in [-0.2, -0.15) is 0 Å². The monoisotopic (exact) mass is 410 g/mol. The fourth-order valence-electron chi connectivity index (χ4n) is 4.03. The Hall–Kier alpha value is -2.87. The lowest BCUT2D eigenvalue weighted by atomic mass is 10.1. The lowest BCUT2D eigenvalue weighted by Gasteiger charge is -2.36. The molecule has 0 N–H and O–H groups in total. The lowest BCUT2D eigenvalue weighted by molar-refractivity contribution is 0.0746. The van der Waals surface area contributed by atoms with Gasteiger partial charge in [0.05, 0.1) is 7.11 Å². The highest BCUT2D eigenvalue weighted by Crippen LogP contribution is 2.19. The lowest BCUT2D eigenvalue weighted by Crippen LogP contribution is -2.49. The molecule has 0 spiro atoms. The van der Waals surface area contributed by atoms with E-state index in [0.717, 1.165) is 57.4 Å². The predicted octanol–water partition coefficient (Wildman–Crippen LogP) is 1.59. The molecule has 4 rings (SSSR count). The van der Waals surface area contributed by atoms with Gasteiger partial charge in [0.2, 0.25) is 0 Å². The fraction of sp³-hybridized carbons (Fsp3) is 0.500. The third-order valence-electron chi connectivity index (χ3n) is 5.99. The number of anilines is 2. The average molecular weight is 411 g/mol. The van der Waals surface area contributed by atoms with E-state index in [1.165, 1.54) is 0 Å². The molecule has 2 saturated heterocycles. The summed E-state index contributed by atoms with van der Waals surface area (Å²) < 4.78 is 5.23. The summed E-state index contributed by atoms with van der Waals surface area (Å²) in [5.74, 6) is 2.56. The number of piperazine rings is 2. The number of carbonyl (C=O) groups is 1. The number of aromatic nitrogens is 2. The molecule has 0 aliphatic carbocycles. The zero-order valence-electron chi connectivity index (χ0n) is 17.8. The maximum atomic E-state index is 12.8. The summed E-state index contributed by atoms with van der Waals surface area (Å²) in [6, 6.07) is 11.4. The first kappa shape index (κ1) is 20.4. The molecule has 2 aliphatic heterocycles. The molecule has 8 nitrogen and oxygen atoms in total. The third-order valence-corrected chi connectivity index (χ3v) is 5.99. The van der Waals surface area contributed by atoms with Crippen molar-refractivity contribution in [1.82, 2.24) is 20.0 Å². The number of carbonyl (C=O) groups excluding carboxylic acids is 1. The van der Waals surface area contributed by atoms with Crippen LogP contribution in [0.3, 0.4) is 0 Å². The highest BCUT2D eigenvalue weighted by Gasteiger charge is 2.24. The van der Waals surface area contributed by atoms with E-state index in [4.69, 9.17) is 4.74 Å². The van der Waals surface area contributed by atoms with Crippen LogP contribution in [0.2, 0.25) is 0 Å². The van der Waals surface area contributed by atoms with Gasteiger partial charge in [-0.25, -0.2) is 0 Å². The molecule has 2 fully saturated rings. The first-order chi connectivity index (χ1) is 14.7. The molecule has 30 heavy (non-hydrogen) atoms. The number of ether oxygens (including phenoxy) is 1. The summed E-state index contributed by atoms with van der Waals surface area (Å²) in [6.07, 6.45) is 0. The van der Waals surface area contributed by atoms with Crippen LogP contribution in [-0.4, -0.2) is 91.9 Å². The van der Waals surface area contributed by atoms with Crippen molar-refractivity contribution in [3.8, 4) is 5.75 Å². The van der Waals surface area contributed by atoms with Crippen molar-refractivity contribution < 1.29 is 9.53 Å². The van der Waals surface area contributed by atoms with Crippen molar-refractivity contribution in [1.29, 1.82) is 0 Å². The molecule has 2 aliphatic rings. The van der Waals surface area contributed by atoms with Gasteiger partial charge in [0.1, 0.15) is 5.75 Å². The maximum absolute atomic E-state index is 12.8. The van der Waals surface area contributed by atoms with Crippen LogP contribution in [0.25, 0.3) is 0 Å². The Bertz CT molecular complexity index is 843. The molecule has 2 aromatic rings. The number of hydrogen-bond donors (Lipinski definition) is 0. The van der Waals surface area contributed by atoms with E-state index >= 15 is 0 Å². The number of rotatable bonds is 5. The van der Waals surface area contributed by atoms with Crippen molar-refractivity contribution in [3.05, 3.63) is 42.0 Å². The Morgan fingerprint density at radius 1 is 0.900 bits per heavy atom. The molecule has 1 aromatic heterocycles. The van der Waals surface area contributed by atoms with Crippen molar-refractivity contribution in [3.63, 3.8) is 0 Å². The van der Waals surface area contributed by atoms with Gasteiger partial charge >= 0.3 is 0 Å². The topological polar surface area (TPSA) is 65.0 Å². The van der Waals surface area contributed by atoms with Crippen molar-refractivity contribution in [2.75, 3.05) is 75.8 Å². The van der Waals surface area contributed by atoms with Crippen molar-refractivity contribution >= 4 is 17.5 Å². The minimum absolute atomic E-state index is 0.0428. The number of hydrogen-bond acceptors (Lipinski definition) is 7. The molecule has 0 unspecified atom stereocenters. The largest absolute Gasteiger partial charge is 0.497 e. The van der Waals surface area contributed by atoms with Crippen molar-refractivity contribution in [2.45, 2.75) is 6.92 Å². The molecule has 160 valence electrons. The van der Waals surface area contributed by atoms with Gasteiger partial charge in [0, 0.05) is 57.9 Å². The smallest absolute Gasteiger partial charge is 0.254 e. The van der Waals surface area contributed by atoms with Gasteiger partial charge < -0.3 is 24.3 Å². The van der Waals surface area contributed by atoms with Crippen LogP contribution in [0.4, 0.5) is 11.6 Å². The van der Waals surface area contributed by atoms with Crippen LogP contribution in [0.1, 0.15) is 17.3 Å². The Kier molecular flexibility index (Phi) is 6.32. The van der Waals surface area contributed by atoms with E-state index in [1.807, 2.05) is 29.2 Å². The highest BCUT2D eigenvalue weighted by molar-refractivity contribution is 5.94. The SMILES string of the molecule is CCN1CCN(c2ccc(N3CCN(C(=O)c4cccc(OC)c4)CC3)nn2)CC1. The first-order valence-corrected chi connectivity index (χ1v) is 10.7. The zero-order chi connectivity index (χ0) is 20.9. The normalized spacial score (nSPS) is 17.9. The number of benzene rings is 1. The number of amides is 1. The maximum Gasteiger partial charge on any atom is 0.254 e. The van der Waals surface area contributed by atoms with Gasteiger partial charge in [-0.15, -0.1) is 10.2 Å². The van der Waals surface area contributed by atoms with E-state index in [0.29, 0.717) is 24.4 Å². The van der Waals surface area contributed by atoms with Gasteiger partial charge in [-0.05, 0) is 36.9 Å². The Morgan fingerprint density at radius 2 is 1.50 bits per heavy atom. The van der Waals surface area contributed by atoms with Crippen LogP contribution in [0.15, 0.2) is 36.4 Å². The van der Waals surface area contributed by atoms with Gasteiger partial charge in [-0.1, -0.05) is 13.0 Å². The molecule has 1 aromatic carbocycles. The van der Waals surface area contributed by atoms with Crippen LogP contribution in [-0.2, 0) is 0 Å². The number of nitrogens with zero attached hydrogens (tertiary/aromatic N) is 6. The van der Waals surface area contributed by atoms with E-state index in [-0.39, 0.29) is 5.91 Å². The second-order valence-corrected chi connectivity index (χ2v) is 7.68. The van der Waals surface area contributed by atoms with Crippen molar-refractivity contribution in [2.24, 2.45) is 0 Å². The molecule has 8 heteroatoms. The Balaban J connectivity index is 1.32. The summed E-state index contributed by atoms with van der Waals surface area (Å²) in [6.45, 7) is 10.3. The molecule has 0 saturated carbocycles. The van der Waals surface area contributed by atoms with Gasteiger partial charge in [0.15, 0.2) is 11.6 Å². The average Bonchev–Trinajstić information content (AvgIpc) is 2.84. The minimum atomic E-state index is 0.0428. The molecule has 0 bridgehead atoms. The first-order valence-electron chi connectivity index (χ1n) is 10.7. The molecule has 1 amide bonds. The quantitative estimate of drug-likeness (QED) is 0.742. The summed E-state index contributed by atoms with van der Waals surface area (Å²) in [5.41, 5.74) is 0.662. The molecule has 0 atom stereocenters. The van der Waals surface area contributed by atoms with E-state index < -0.39 is 0 Å². The number of likely N-dealkylation sites (N-methyl/N-ethyl adjacent to an activating group) is 1. The van der Waals surface area contributed by atoms with Crippen LogP contribution in [0, 0.1) is 0 Å². The number of methoxy groups -OCH3 is 1. The standard InChI is InChI=1S/C22H30N6O2/c1-3-25-9-11-26(12-10-25)20-7-8-21(24-23-20)27-13-15-28(16-14-27)22(29)18-5-4-6-19(17-18)30-2/h4-8,17H,3,9-16H2,1-2H3. The van der Waals surface area contributed by atoms with E-state index in [2.05, 4.69) is 37.9 Å². The predicted molar refractivity (Wildman–Crippen MR) is 117 cm³/mol.